The fraction of sp³-hybridized carbons (Fsp3) is 0.500. The van der Waals surface area contributed by atoms with E-state index in [0.717, 1.165) is 32.8 Å². The van der Waals surface area contributed by atoms with Gasteiger partial charge in [0.15, 0.2) is 0 Å². The Labute approximate surface area is 291 Å². The number of ether oxygens (including phenoxy) is 1. The van der Waals surface area contributed by atoms with Crippen LogP contribution in [0.4, 0.5) is 33.7 Å². The summed E-state index contributed by atoms with van der Waals surface area (Å²) in [4.78, 5) is 29.9. The lowest BCUT2D eigenvalue weighted by atomic mass is 9.70. The number of nitrogens with one attached hydrogen (secondary N) is 1. The standard InChI is InChI=1S/C25H29ClF3N3O3S.C7H8BFNOS/c1-23(2,3)35-22(34)31-9-7-30(8-10-31)17-12-18(33)32-13-24(5-4-6-24)14-36-21-19(26)16(25(27,28)29)11-15(17)20(21)32;1-10-6-4(8-11)2-3-5(9)7(6)12/h11-12H,4-10,13-14H2,1-3H3;2-3,10-12H,1H3. The summed E-state index contributed by atoms with van der Waals surface area (Å²) in [5.74, 6) is 0.224. The third kappa shape index (κ3) is 7.39. The number of thioether (sulfide) groups is 1. The average molecular weight is 728 g/mol. The fourth-order valence-electron chi connectivity index (χ4n) is 6.22. The summed E-state index contributed by atoms with van der Waals surface area (Å²) < 4.78 is 62.1. The van der Waals surface area contributed by atoms with Gasteiger partial charge in [-0.2, -0.15) is 13.2 Å². The number of thiol groups is 1. The second kappa shape index (κ2) is 13.9. The molecule has 1 radical (unpaired) electrons. The molecule has 1 saturated carbocycles. The molecule has 16 heteroatoms. The van der Waals surface area contributed by atoms with Gasteiger partial charge in [-0.05, 0) is 56.6 Å². The molecule has 3 aliphatic rings. The van der Waals surface area contributed by atoms with Crippen molar-refractivity contribution in [1.82, 2.24) is 9.47 Å². The number of carbonyl (C=O) groups is 1. The second-order valence-corrected chi connectivity index (χ2v) is 15.1. The van der Waals surface area contributed by atoms with Crippen LogP contribution in [-0.4, -0.2) is 72.6 Å². The average Bonchev–Trinajstić information content (AvgIpc) is 3.20. The van der Waals surface area contributed by atoms with Crippen molar-refractivity contribution >= 4 is 77.3 Å². The number of benzene rings is 2. The van der Waals surface area contributed by atoms with Crippen molar-refractivity contribution in [1.29, 1.82) is 0 Å². The van der Waals surface area contributed by atoms with Crippen LogP contribution in [0.5, 0.6) is 0 Å². The van der Waals surface area contributed by atoms with Crippen LogP contribution in [0.25, 0.3) is 10.9 Å². The molecule has 2 N–H and O–H groups in total. The molecular formula is C32H37BClF4N4O4S2. The first-order chi connectivity index (χ1) is 22.5. The Kier molecular flexibility index (Phi) is 10.6. The van der Waals surface area contributed by atoms with Crippen LogP contribution in [0.15, 0.2) is 38.9 Å². The van der Waals surface area contributed by atoms with Gasteiger partial charge in [-0.15, -0.1) is 24.4 Å². The van der Waals surface area contributed by atoms with Crippen LogP contribution >= 0.6 is 36.0 Å². The molecule has 1 aliphatic carbocycles. The molecule has 1 spiro atoms. The maximum absolute atomic E-state index is 14.0. The van der Waals surface area contributed by atoms with E-state index in [1.54, 1.807) is 37.3 Å². The number of alkyl halides is 3. The highest BCUT2D eigenvalue weighted by Gasteiger charge is 2.43. The lowest BCUT2D eigenvalue weighted by Crippen LogP contribution is -2.50. The first kappa shape index (κ1) is 36.5. The smallest absolute Gasteiger partial charge is 0.417 e. The lowest BCUT2D eigenvalue weighted by Gasteiger charge is -2.41. The van der Waals surface area contributed by atoms with Gasteiger partial charge in [0.1, 0.15) is 11.4 Å². The van der Waals surface area contributed by atoms with E-state index in [4.69, 9.17) is 21.4 Å². The van der Waals surface area contributed by atoms with Gasteiger partial charge >= 0.3 is 19.8 Å². The zero-order valence-electron chi connectivity index (χ0n) is 27.0. The van der Waals surface area contributed by atoms with Gasteiger partial charge in [0.05, 0.1) is 31.6 Å². The molecule has 8 nitrogen and oxygen atoms in total. The summed E-state index contributed by atoms with van der Waals surface area (Å²) in [7, 11) is 2.55. The van der Waals surface area contributed by atoms with Crippen LogP contribution in [0.1, 0.15) is 45.6 Å². The van der Waals surface area contributed by atoms with Gasteiger partial charge in [-0.1, -0.05) is 24.1 Å². The number of aromatic nitrogens is 1. The molecule has 0 atom stereocenters. The normalized spacial score (nSPS) is 17.3. The van der Waals surface area contributed by atoms with Crippen LogP contribution in [0.2, 0.25) is 5.02 Å². The second-order valence-electron chi connectivity index (χ2n) is 13.3. The zero-order valence-corrected chi connectivity index (χ0v) is 29.5. The van der Waals surface area contributed by atoms with Crippen LogP contribution in [0.3, 0.4) is 0 Å². The quantitative estimate of drug-likeness (QED) is 0.164. The van der Waals surface area contributed by atoms with Gasteiger partial charge in [-0.3, -0.25) is 4.79 Å². The van der Waals surface area contributed by atoms with Crippen LogP contribution < -0.4 is 21.2 Å². The first-order valence-electron chi connectivity index (χ1n) is 15.5. The molecule has 3 aromatic rings. The Morgan fingerprint density at radius 3 is 2.35 bits per heavy atom. The zero-order chi connectivity index (χ0) is 35.2. The van der Waals surface area contributed by atoms with E-state index in [2.05, 4.69) is 17.9 Å². The molecule has 3 heterocycles. The van der Waals surface area contributed by atoms with E-state index >= 15 is 0 Å². The summed E-state index contributed by atoms with van der Waals surface area (Å²) in [5, 5.41) is 11.5. The minimum Gasteiger partial charge on any atom is -0.450 e. The molecule has 1 aromatic heterocycles. The van der Waals surface area contributed by atoms with Gasteiger partial charge in [-0.25, -0.2) is 9.18 Å². The number of hydrogen-bond donors (Lipinski definition) is 3. The lowest BCUT2D eigenvalue weighted by molar-refractivity contribution is -0.137. The van der Waals surface area contributed by atoms with E-state index in [0.29, 0.717) is 71.1 Å². The maximum Gasteiger partial charge on any atom is 0.417 e. The Morgan fingerprint density at radius 1 is 1.15 bits per heavy atom. The highest BCUT2D eigenvalue weighted by Crippen LogP contribution is 2.53. The molecule has 2 aliphatic heterocycles. The van der Waals surface area contributed by atoms with E-state index in [9.17, 15) is 27.2 Å². The maximum atomic E-state index is 14.0. The first-order valence-corrected chi connectivity index (χ1v) is 17.3. The number of halogens is 5. The largest absolute Gasteiger partial charge is 0.450 e. The number of nitrogens with zero attached hydrogens (tertiary/aromatic N) is 3. The summed E-state index contributed by atoms with van der Waals surface area (Å²) >= 11 is 11.7. The molecule has 0 bridgehead atoms. The predicted molar refractivity (Wildman–Crippen MR) is 186 cm³/mol. The molecule has 1 amide bonds. The number of amides is 1. The predicted octanol–water partition coefficient (Wildman–Crippen LogP) is 6.40. The number of carbonyl (C=O) groups excluding carboxylic acids is 1. The minimum atomic E-state index is -4.63. The number of rotatable bonds is 3. The number of anilines is 2. The number of piperazine rings is 1. The monoisotopic (exact) mass is 727 g/mol. The molecule has 6 rings (SSSR count). The summed E-state index contributed by atoms with van der Waals surface area (Å²) in [6.07, 6.45) is -2.11. The third-order valence-electron chi connectivity index (χ3n) is 8.82. The Hall–Kier alpha value is -2.75. The van der Waals surface area contributed by atoms with Crippen molar-refractivity contribution in [3.63, 3.8) is 0 Å². The molecule has 1 saturated heterocycles. The number of pyridine rings is 1. The molecule has 2 fully saturated rings. The van der Waals surface area contributed by atoms with E-state index in [1.165, 1.54) is 30.0 Å². The van der Waals surface area contributed by atoms with E-state index in [1.807, 2.05) is 4.90 Å². The van der Waals surface area contributed by atoms with Crippen molar-refractivity contribution in [3.8, 4) is 0 Å². The summed E-state index contributed by atoms with van der Waals surface area (Å²) in [6, 6.07) is 5.27. The molecule has 259 valence electrons. The van der Waals surface area contributed by atoms with Gasteiger partial charge < -0.3 is 29.4 Å². The number of hydrogen-bond acceptors (Lipinski definition) is 8. The topological polar surface area (TPSA) is 87.0 Å². The van der Waals surface area contributed by atoms with Crippen molar-refractivity contribution in [2.75, 3.05) is 49.2 Å². The Bertz CT molecular complexity index is 1770. The van der Waals surface area contributed by atoms with Crippen molar-refractivity contribution < 1.29 is 32.1 Å². The van der Waals surface area contributed by atoms with E-state index in [-0.39, 0.29) is 20.9 Å². The Morgan fingerprint density at radius 2 is 1.81 bits per heavy atom. The van der Waals surface area contributed by atoms with Gasteiger partial charge in [0, 0.05) is 62.7 Å². The fourth-order valence-corrected chi connectivity index (χ4v) is 8.38. The molecule has 2 aromatic carbocycles. The summed E-state index contributed by atoms with van der Waals surface area (Å²) in [6.45, 7) is 7.28. The van der Waals surface area contributed by atoms with Crippen LogP contribution in [-0.2, 0) is 17.5 Å². The minimum absolute atomic E-state index is 0.0945. The van der Waals surface area contributed by atoms with E-state index < -0.39 is 29.3 Å². The molecule has 48 heavy (non-hydrogen) atoms. The van der Waals surface area contributed by atoms with Gasteiger partial charge in [0.2, 0.25) is 0 Å². The summed E-state index contributed by atoms with van der Waals surface area (Å²) in [5.41, 5.74) is 0.0935. The highest BCUT2D eigenvalue weighted by molar-refractivity contribution is 7.99. The third-order valence-corrected chi connectivity index (χ3v) is 11.2. The molecular weight excluding hydrogens is 691 g/mol. The SMILES string of the molecule is CC(C)(C)OC(=O)N1CCN(c2cc(=O)n3c4c(c(Cl)c(C(F)(F)F)cc24)SCC2(CCC2)C3)CC1.CNc1c([B]O)ccc(F)c1S. The Balaban J connectivity index is 0.000000318. The van der Waals surface area contributed by atoms with Crippen molar-refractivity contribution in [2.24, 2.45) is 5.41 Å². The van der Waals surface area contributed by atoms with Crippen molar-refractivity contribution in [3.05, 3.63) is 51.0 Å². The molecule has 0 unspecified atom stereocenters. The van der Waals surface area contributed by atoms with Crippen molar-refractivity contribution in [2.45, 2.75) is 68.1 Å². The highest BCUT2D eigenvalue weighted by atomic mass is 35.5. The van der Waals surface area contributed by atoms with Gasteiger partial charge in [0.25, 0.3) is 5.56 Å². The van der Waals surface area contributed by atoms with Crippen LogP contribution in [0, 0.1) is 11.2 Å².